The summed E-state index contributed by atoms with van der Waals surface area (Å²) < 4.78 is 5.44. The predicted octanol–water partition coefficient (Wildman–Crippen LogP) is 2.24. The molecule has 3 nitrogen and oxygen atoms in total. The van der Waals surface area contributed by atoms with Crippen LogP contribution in [0.5, 0.6) is 0 Å². The lowest BCUT2D eigenvalue weighted by Crippen LogP contribution is -2.32. The second-order valence-electron chi connectivity index (χ2n) is 5.31. The largest absolute Gasteiger partial charge is 0.381 e. The van der Waals surface area contributed by atoms with E-state index in [-0.39, 0.29) is 17.9 Å². The summed E-state index contributed by atoms with van der Waals surface area (Å²) in [4.78, 5) is 14.4. The number of rotatable bonds is 2. The maximum absolute atomic E-state index is 12.4. The fourth-order valence-electron chi connectivity index (χ4n) is 3.09. The molecule has 96 valence electrons. The monoisotopic (exact) mass is 245 g/mol. The van der Waals surface area contributed by atoms with Crippen LogP contribution in [-0.4, -0.2) is 30.6 Å². The van der Waals surface area contributed by atoms with E-state index in [1.807, 2.05) is 23.1 Å². The zero-order chi connectivity index (χ0) is 12.5. The second kappa shape index (κ2) is 4.73. The van der Waals surface area contributed by atoms with Gasteiger partial charge in [-0.1, -0.05) is 30.3 Å². The Labute approximate surface area is 108 Å². The summed E-state index contributed by atoms with van der Waals surface area (Å²) in [5.74, 6) is 0.873. The molecule has 0 spiro atoms. The molecular formula is C15H19NO2. The lowest BCUT2D eigenvalue weighted by atomic mass is 9.92. The number of benzene rings is 1. The number of carbonyl (C=O) groups excluding carboxylic acids is 1. The Kier molecular flexibility index (Phi) is 3.08. The van der Waals surface area contributed by atoms with E-state index in [1.165, 1.54) is 5.56 Å². The van der Waals surface area contributed by atoms with E-state index in [2.05, 4.69) is 19.1 Å². The highest BCUT2D eigenvalue weighted by Gasteiger charge is 2.43. The van der Waals surface area contributed by atoms with Crippen LogP contribution in [0, 0.1) is 11.8 Å². The van der Waals surface area contributed by atoms with Gasteiger partial charge in [0.25, 0.3) is 0 Å². The predicted molar refractivity (Wildman–Crippen MR) is 69.0 cm³/mol. The smallest absolute Gasteiger partial charge is 0.228 e. The topological polar surface area (TPSA) is 29.5 Å². The molecule has 1 aromatic carbocycles. The van der Waals surface area contributed by atoms with Crippen molar-refractivity contribution in [2.24, 2.45) is 11.8 Å². The molecular weight excluding hydrogens is 226 g/mol. The molecule has 0 N–H and O–H groups in total. The van der Waals surface area contributed by atoms with Crippen molar-refractivity contribution < 1.29 is 9.53 Å². The standard InChI is InChI=1S/C15H19NO2/c1-11(12-5-3-2-4-6-12)16-9-13-7-8-18-10-14(13)15(16)17/h2-6,11,13-14H,7-10H2,1H3/t11?,13?,14-/m1/s1. The number of nitrogens with zero attached hydrogens (tertiary/aromatic N) is 1. The number of hydrogen-bond acceptors (Lipinski definition) is 2. The highest BCUT2D eigenvalue weighted by atomic mass is 16.5. The van der Waals surface area contributed by atoms with Gasteiger partial charge in [0, 0.05) is 13.2 Å². The van der Waals surface area contributed by atoms with Gasteiger partial charge in [-0.25, -0.2) is 0 Å². The molecule has 0 aliphatic carbocycles. The van der Waals surface area contributed by atoms with Crippen molar-refractivity contribution in [1.82, 2.24) is 4.90 Å². The Morgan fingerprint density at radius 1 is 1.33 bits per heavy atom. The molecule has 0 radical (unpaired) electrons. The van der Waals surface area contributed by atoms with Crippen LogP contribution in [-0.2, 0) is 9.53 Å². The first kappa shape index (κ1) is 11.7. The van der Waals surface area contributed by atoms with Crippen molar-refractivity contribution in [2.45, 2.75) is 19.4 Å². The average molecular weight is 245 g/mol. The molecule has 1 aromatic rings. The minimum Gasteiger partial charge on any atom is -0.381 e. The quantitative estimate of drug-likeness (QED) is 0.799. The molecule has 2 heterocycles. The Hall–Kier alpha value is -1.35. The molecule has 3 rings (SSSR count). The van der Waals surface area contributed by atoms with E-state index < -0.39 is 0 Å². The summed E-state index contributed by atoms with van der Waals surface area (Å²) >= 11 is 0. The summed E-state index contributed by atoms with van der Waals surface area (Å²) in [5.41, 5.74) is 1.21. The maximum Gasteiger partial charge on any atom is 0.228 e. The van der Waals surface area contributed by atoms with E-state index in [4.69, 9.17) is 4.74 Å². The minimum absolute atomic E-state index is 0.102. The van der Waals surface area contributed by atoms with E-state index >= 15 is 0 Å². The van der Waals surface area contributed by atoms with Crippen LogP contribution >= 0.6 is 0 Å². The molecule has 3 heteroatoms. The third kappa shape index (κ3) is 1.93. The van der Waals surface area contributed by atoms with Gasteiger partial charge in [0.15, 0.2) is 0 Å². The third-order valence-corrected chi connectivity index (χ3v) is 4.28. The van der Waals surface area contributed by atoms with Crippen LogP contribution in [0.15, 0.2) is 30.3 Å². The zero-order valence-electron chi connectivity index (χ0n) is 10.7. The first-order valence-electron chi connectivity index (χ1n) is 6.70. The molecule has 2 unspecified atom stereocenters. The van der Waals surface area contributed by atoms with E-state index in [0.29, 0.717) is 12.5 Å². The van der Waals surface area contributed by atoms with Crippen LogP contribution in [0.2, 0.25) is 0 Å². The van der Waals surface area contributed by atoms with Crippen molar-refractivity contribution in [3.8, 4) is 0 Å². The SMILES string of the molecule is CC(c1ccccc1)N1CC2CCOC[C@H]2C1=O. The summed E-state index contributed by atoms with van der Waals surface area (Å²) in [5, 5.41) is 0. The average Bonchev–Trinajstić information content (AvgIpc) is 2.77. The molecule has 2 aliphatic heterocycles. The molecule has 0 aromatic heterocycles. The van der Waals surface area contributed by atoms with E-state index in [9.17, 15) is 4.79 Å². The molecule has 2 saturated heterocycles. The molecule has 1 amide bonds. The van der Waals surface area contributed by atoms with Crippen molar-refractivity contribution in [3.63, 3.8) is 0 Å². The fraction of sp³-hybridized carbons (Fsp3) is 0.533. The summed E-state index contributed by atoms with van der Waals surface area (Å²) in [7, 11) is 0. The Bertz CT molecular complexity index is 431. The summed E-state index contributed by atoms with van der Waals surface area (Å²) in [6.07, 6.45) is 1.02. The number of ether oxygens (including phenoxy) is 1. The number of amides is 1. The molecule has 0 bridgehead atoms. The van der Waals surface area contributed by atoms with E-state index in [0.717, 1.165) is 19.6 Å². The highest BCUT2D eigenvalue weighted by molar-refractivity contribution is 5.82. The second-order valence-corrected chi connectivity index (χ2v) is 5.31. The lowest BCUT2D eigenvalue weighted by molar-refractivity contribution is -0.135. The van der Waals surface area contributed by atoms with Crippen LogP contribution in [0.1, 0.15) is 24.9 Å². The first-order valence-corrected chi connectivity index (χ1v) is 6.70. The van der Waals surface area contributed by atoms with Gasteiger partial charge in [0.2, 0.25) is 5.91 Å². The summed E-state index contributed by atoms with van der Waals surface area (Å²) in [6.45, 7) is 4.43. The van der Waals surface area contributed by atoms with Crippen LogP contribution in [0.3, 0.4) is 0 Å². The van der Waals surface area contributed by atoms with Crippen LogP contribution in [0.4, 0.5) is 0 Å². The fourth-order valence-corrected chi connectivity index (χ4v) is 3.09. The molecule has 2 aliphatic rings. The lowest BCUT2D eigenvalue weighted by Gasteiger charge is -2.25. The Morgan fingerprint density at radius 3 is 2.83 bits per heavy atom. The number of fused-ring (bicyclic) bond motifs is 1. The highest BCUT2D eigenvalue weighted by Crippen LogP contribution is 2.35. The van der Waals surface area contributed by atoms with Crippen molar-refractivity contribution in [1.29, 1.82) is 0 Å². The van der Waals surface area contributed by atoms with Crippen molar-refractivity contribution >= 4 is 5.91 Å². The number of carbonyl (C=O) groups is 1. The number of hydrogen-bond donors (Lipinski definition) is 0. The van der Waals surface area contributed by atoms with Crippen LogP contribution in [0.25, 0.3) is 0 Å². The van der Waals surface area contributed by atoms with Gasteiger partial charge in [-0.3, -0.25) is 4.79 Å². The molecule has 18 heavy (non-hydrogen) atoms. The zero-order valence-corrected chi connectivity index (χ0v) is 10.7. The van der Waals surface area contributed by atoms with Crippen molar-refractivity contribution in [3.05, 3.63) is 35.9 Å². The van der Waals surface area contributed by atoms with Gasteiger partial charge in [-0.15, -0.1) is 0 Å². The van der Waals surface area contributed by atoms with Gasteiger partial charge in [0.1, 0.15) is 0 Å². The third-order valence-electron chi connectivity index (χ3n) is 4.28. The molecule has 3 atom stereocenters. The molecule has 2 fully saturated rings. The van der Waals surface area contributed by atoms with Crippen LogP contribution < -0.4 is 0 Å². The maximum atomic E-state index is 12.4. The minimum atomic E-state index is 0.102. The normalized spacial score (nSPS) is 29.2. The molecule has 0 saturated carbocycles. The van der Waals surface area contributed by atoms with Gasteiger partial charge >= 0.3 is 0 Å². The Morgan fingerprint density at radius 2 is 2.11 bits per heavy atom. The Balaban J connectivity index is 1.79. The van der Waals surface area contributed by atoms with E-state index in [1.54, 1.807) is 0 Å². The van der Waals surface area contributed by atoms with Gasteiger partial charge in [-0.05, 0) is 24.8 Å². The number of likely N-dealkylation sites (tertiary alicyclic amines) is 1. The first-order chi connectivity index (χ1) is 8.77. The van der Waals surface area contributed by atoms with Crippen molar-refractivity contribution in [2.75, 3.05) is 19.8 Å². The van der Waals surface area contributed by atoms with Gasteiger partial charge < -0.3 is 9.64 Å². The van der Waals surface area contributed by atoms with Gasteiger partial charge in [-0.2, -0.15) is 0 Å². The van der Waals surface area contributed by atoms with Gasteiger partial charge in [0.05, 0.1) is 18.6 Å². The summed E-state index contributed by atoms with van der Waals surface area (Å²) in [6, 6.07) is 10.4.